The Labute approximate surface area is 150 Å². The van der Waals surface area contributed by atoms with E-state index in [4.69, 9.17) is 14.4 Å². The molecule has 0 radical (unpaired) electrons. The van der Waals surface area contributed by atoms with Crippen molar-refractivity contribution in [1.29, 1.82) is 5.26 Å². The summed E-state index contributed by atoms with van der Waals surface area (Å²) in [5.41, 5.74) is 1.82. The van der Waals surface area contributed by atoms with Crippen LogP contribution in [0.15, 0.2) is 52.9 Å². The van der Waals surface area contributed by atoms with E-state index >= 15 is 0 Å². The lowest BCUT2D eigenvalue weighted by Gasteiger charge is -2.04. The number of carbonyl (C=O) groups is 1. The standard InChI is InChI=1S/C19H16N4O3/c1-25-16-7-3-5-14(11-16)19-23-22-18(26-19)9-8-17(24)21-15-6-2-4-13(10-15)12-20/h2-7,10-11H,8-9H2,1H3,(H,21,24). The molecule has 130 valence electrons. The Bertz CT molecular complexity index is 959. The van der Waals surface area contributed by atoms with Crippen molar-refractivity contribution < 1.29 is 13.9 Å². The van der Waals surface area contributed by atoms with Crippen molar-refractivity contribution in [3.8, 4) is 23.3 Å². The monoisotopic (exact) mass is 348 g/mol. The molecule has 1 N–H and O–H groups in total. The van der Waals surface area contributed by atoms with E-state index in [2.05, 4.69) is 15.5 Å². The van der Waals surface area contributed by atoms with Crippen LogP contribution in [0.25, 0.3) is 11.5 Å². The van der Waals surface area contributed by atoms with Gasteiger partial charge in [0, 0.05) is 24.1 Å². The fraction of sp³-hybridized carbons (Fsp3) is 0.158. The summed E-state index contributed by atoms with van der Waals surface area (Å²) in [4.78, 5) is 12.0. The topological polar surface area (TPSA) is 101 Å². The van der Waals surface area contributed by atoms with Crippen LogP contribution in [-0.4, -0.2) is 23.2 Å². The minimum Gasteiger partial charge on any atom is -0.497 e. The normalized spacial score (nSPS) is 10.2. The number of methoxy groups -OCH3 is 1. The number of aromatic nitrogens is 2. The molecule has 0 unspecified atom stereocenters. The summed E-state index contributed by atoms with van der Waals surface area (Å²) >= 11 is 0. The van der Waals surface area contributed by atoms with Crippen molar-refractivity contribution in [2.24, 2.45) is 0 Å². The predicted octanol–water partition coefficient (Wildman–Crippen LogP) is 3.19. The molecule has 7 nitrogen and oxygen atoms in total. The van der Waals surface area contributed by atoms with Gasteiger partial charge in [-0.3, -0.25) is 4.79 Å². The molecule has 0 bridgehead atoms. The van der Waals surface area contributed by atoms with E-state index in [0.29, 0.717) is 35.2 Å². The number of nitrogens with zero attached hydrogens (tertiary/aromatic N) is 3. The van der Waals surface area contributed by atoms with E-state index in [1.807, 2.05) is 24.3 Å². The van der Waals surface area contributed by atoms with Gasteiger partial charge < -0.3 is 14.5 Å². The number of hydrogen-bond donors (Lipinski definition) is 1. The molecule has 0 aliphatic rings. The first kappa shape index (κ1) is 17.2. The zero-order valence-corrected chi connectivity index (χ0v) is 14.1. The first-order chi connectivity index (χ1) is 12.7. The molecule has 1 heterocycles. The fourth-order valence-electron chi connectivity index (χ4n) is 2.34. The highest BCUT2D eigenvalue weighted by molar-refractivity contribution is 5.90. The van der Waals surface area contributed by atoms with Crippen molar-refractivity contribution in [3.63, 3.8) is 0 Å². The summed E-state index contributed by atoms with van der Waals surface area (Å²) in [6.07, 6.45) is 0.511. The van der Waals surface area contributed by atoms with Crippen LogP contribution in [0, 0.1) is 11.3 Å². The van der Waals surface area contributed by atoms with Gasteiger partial charge in [-0.15, -0.1) is 10.2 Å². The second kappa shape index (κ2) is 7.94. The van der Waals surface area contributed by atoms with Gasteiger partial charge in [0.2, 0.25) is 17.7 Å². The van der Waals surface area contributed by atoms with Crippen molar-refractivity contribution in [2.75, 3.05) is 12.4 Å². The Hall–Kier alpha value is -3.66. The molecular weight excluding hydrogens is 332 g/mol. The summed E-state index contributed by atoms with van der Waals surface area (Å²) in [5.74, 6) is 1.26. The molecule has 0 aliphatic carbocycles. The first-order valence-corrected chi connectivity index (χ1v) is 7.95. The number of rotatable bonds is 6. The van der Waals surface area contributed by atoms with Crippen molar-refractivity contribution in [1.82, 2.24) is 10.2 Å². The van der Waals surface area contributed by atoms with Crippen LogP contribution in [-0.2, 0) is 11.2 Å². The molecule has 7 heteroatoms. The Morgan fingerprint density at radius 2 is 2.08 bits per heavy atom. The number of amides is 1. The zero-order valence-electron chi connectivity index (χ0n) is 14.1. The van der Waals surface area contributed by atoms with E-state index in [9.17, 15) is 4.79 Å². The van der Waals surface area contributed by atoms with Crippen LogP contribution >= 0.6 is 0 Å². The Kier molecular flexibility index (Phi) is 5.25. The van der Waals surface area contributed by atoms with Crippen molar-refractivity contribution in [2.45, 2.75) is 12.8 Å². The molecule has 1 aromatic heterocycles. The summed E-state index contributed by atoms with van der Waals surface area (Å²) in [7, 11) is 1.59. The maximum Gasteiger partial charge on any atom is 0.247 e. The lowest BCUT2D eigenvalue weighted by atomic mass is 10.2. The average molecular weight is 348 g/mol. The number of aryl methyl sites for hydroxylation is 1. The van der Waals surface area contributed by atoms with Crippen molar-refractivity contribution >= 4 is 11.6 Å². The molecule has 0 saturated heterocycles. The average Bonchev–Trinajstić information content (AvgIpc) is 3.16. The molecule has 0 saturated carbocycles. The molecule has 0 fully saturated rings. The third kappa shape index (κ3) is 4.24. The Morgan fingerprint density at radius 1 is 1.23 bits per heavy atom. The highest BCUT2D eigenvalue weighted by Gasteiger charge is 2.11. The highest BCUT2D eigenvalue weighted by atomic mass is 16.5. The van der Waals surface area contributed by atoms with Gasteiger partial charge in [0.1, 0.15) is 5.75 Å². The second-order valence-electron chi connectivity index (χ2n) is 5.47. The molecule has 0 aliphatic heterocycles. The third-order valence-electron chi connectivity index (χ3n) is 3.62. The van der Waals surface area contributed by atoms with Crippen LogP contribution in [0.2, 0.25) is 0 Å². The largest absolute Gasteiger partial charge is 0.497 e. The molecule has 2 aromatic carbocycles. The summed E-state index contributed by atoms with van der Waals surface area (Å²) in [6, 6.07) is 16.1. The molecule has 0 atom stereocenters. The van der Waals surface area contributed by atoms with Crippen LogP contribution in [0.1, 0.15) is 17.9 Å². The van der Waals surface area contributed by atoms with E-state index in [1.165, 1.54) is 0 Å². The summed E-state index contributed by atoms with van der Waals surface area (Å²) in [5, 5.41) is 19.6. The van der Waals surface area contributed by atoms with Gasteiger partial charge in [-0.2, -0.15) is 5.26 Å². The Balaban J connectivity index is 1.59. The third-order valence-corrected chi connectivity index (χ3v) is 3.62. The van der Waals surface area contributed by atoms with Crippen LogP contribution in [0.3, 0.4) is 0 Å². The minimum absolute atomic E-state index is 0.191. The van der Waals surface area contributed by atoms with E-state index < -0.39 is 0 Å². The number of nitrogens with one attached hydrogen (secondary N) is 1. The van der Waals surface area contributed by atoms with Crippen LogP contribution in [0.5, 0.6) is 5.75 Å². The van der Waals surface area contributed by atoms with Gasteiger partial charge in [0.15, 0.2) is 0 Å². The van der Waals surface area contributed by atoms with E-state index in [-0.39, 0.29) is 12.3 Å². The van der Waals surface area contributed by atoms with E-state index in [0.717, 1.165) is 5.56 Å². The number of nitriles is 1. The quantitative estimate of drug-likeness (QED) is 0.734. The van der Waals surface area contributed by atoms with Gasteiger partial charge >= 0.3 is 0 Å². The number of hydrogen-bond acceptors (Lipinski definition) is 6. The lowest BCUT2D eigenvalue weighted by molar-refractivity contribution is -0.116. The fourth-order valence-corrected chi connectivity index (χ4v) is 2.34. The first-order valence-electron chi connectivity index (χ1n) is 7.95. The van der Waals surface area contributed by atoms with Gasteiger partial charge in [-0.05, 0) is 36.4 Å². The molecule has 0 spiro atoms. The number of carbonyl (C=O) groups excluding carboxylic acids is 1. The van der Waals surface area contributed by atoms with Crippen molar-refractivity contribution in [3.05, 3.63) is 60.0 Å². The molecule has 3 aromatic rings. The minimum atomic E-state index is -0.193. The lowest BCUT2D eigenvalue weighted by Crippen LogP contribution is -2.12. The SMILES string of the molecule is COc1cccc(-c2nnc(CCC(=O)Nc3cccc(C#N)c3)o2)c1. The molecule has 1 amide bonds. The number of anilines is 1. The summed E-state index contributed by atoms with van der Waals surface area (Å²) < 4.78 is 10.8. The Morgan fingerprint density at radius 3 is 2.88 bits per heavy atom. The van der Waals surface area contributed by atoms with Gasteiger partial charge in [-0.1, -0.05) is 12.1 Å². The van der Waals surface area contributed by atoms with Gasteiger partial charge in [0.25, 0.3) is 0 Å². The van der Waals surface area contributed by atoms with Gasteiger partial charge in [-0.25, -0.2) is 0 Å². The predicted molar refractivity (Wildman–Crippen MR) is 94.4 cm³/mol. The number of benzene rings is 2. The smallest absolute Gasteiger partial charge is 0.247 e. The number of ether oxygens (including phenoxy) is 1. The van der Waals surface area contributed by atoms with Crippen LogP contribution < -0.4 is 10.1 Å². The zero-order chi connectivity index (χ0) is 18.4. The summed E-state index contributed by atoms with van der Waals surface area (Å²) in [6.45, 7) is 0. The molecule has 26 heavy (non-hydrogen) atoms. The molecular formula is C19H16N4O3. The maximum atomic E-state index is 12.0. The van der Waals surface area contributed by atoms with Gasteiger partial charge in [0.05, 0.1) is 18.7 Å². The molecule has 3 rings (SSSR count). The van der Waals surface area contributed by atoms with Crippen LogP contribution in [0.4, 0.5) is 5.69 Å². The van der Waals surface area contributed by atoms with E-state index in [1.54, 1.807) is 37.4 Å². The maximum absolute atomic E-state index is 12.0. The highest BCUT2D eigenvalue weighted by Crippen LogP contribution is 2.22. The second-order valence-corrected chi connectivity index (χ2v) is 5.47.